The molecule has 10 nitrogen and oxygen atoms in total. The number of methoxy groups -OCH3 is 2. The fourth-order valence-corrected chi connectivity index (χ4v) is 4.28. The monoisotopic (exact) mass is 466 g/mol. The number of hydrogen-bond donors (Lipinski definition) is 2. The van der Waals surface area contributed by atoms with E-state index in [4.69, 9.17) is 9.47 Å². The second-order valence-corrected chi connectivity index (χ2v) is 8.19. The summed E-state index contributed by atoms with van der Waals surface area (Å²) >= 11 is 1.41. The number of nitrogens with zero attached hydrogens (tertiary/aromatic N) is 4. The first-order chi connectivity index (χ1) is 16.0. The number of hydrogen-bond acceptors (Lipinski definition) is 10. The van der Waals surface area contributed by atoms with Gasteiger partial charge in [0.05, 0.1) is 29.4 Å². The van der Waals surface area contributed by atoms with Crippen molar-refractivity contribution < 1.29 is 14.4 Å². The first kappa shape index (κ1) is 22.2. The molecule has 4 aromatic rings. The van der Waals surface area contributed by atoms with Crippen molar-refractivity contribution in [1.29, 1.82) is 0 Å². The normalized spacial score (nSPS) is 10.8. The third-order valence-electron chi connectivity index (χ3n) is 4.93. The Morgan fingerprint density at radius 1 is 1.06 bits per heavy atom. The van der Waals surface area contributed by atoms with Crippen LogP contribution >= 0.6 is 11.3 Å². The minimum atomic E-state index is -0.501. The minimum absolute atomic E-state index is 0.0828. The van der Waals surface area contributed by atoms with Gasteiger partial charge in [-0.2, -0.15) is 0 Å². The lowest BCUT2D eigenvalue weighted by atomic mass is 10.1. The Bertz CT molecular complexity index is 1310. The summed E-state index contributed by atoms with van der Waals surface area (Å²) in [5.74, 6) is 1.48. The zero-order valence-corrected chi connectivity index (χ0v) is 19.1. The molecule has 0 saturated heterocycles. The van der Waals surface area contributed by atoms with Gasteiger partial charge in [0, 0.05) is 6.54 Å². The summed E-state index contributed by atoms with van der Waals surface area (Å²) in [4.78, 5) is 24.0. The Hall–Kier alpha value is -3.99. The summed E-state index contributed by atoms with van der Waals surface area (Å²) in [7, 11) is 3.15. The lowest BCUT2D eigenvalue weighted by Crippen LogP contribution is -2.11. The van der Waals surface area contributed by atoms with Crippen molar-refractivity contribution in [3.05, 3.63) is 64.0 Å². The highest BCUT2D eigenvalue weighted by molar-refractivity contribution is 7.22. The fourth-order valence-electron chi connectivity index (χ4n) is 3.32. The number of fused-ring (bicyclic) bond motifs is 1. The molecule has 2 heterocycles. The molecule has 0 aliphatic carbocycles. The van der Waals surface area contributed by atoms with E-state index in [1.807, 2.05) is 43.3 Å². The van der Waals surface area contributed by atoms with Gasteiger partial charge in [-0.3, -0.25) is 10.1 Å². The quantitative estimate of drug-likeness (QED) is 0.266. The summed E-state index contributed by atoms with van der Waals surface area (Å²) in [6.07, 6.45) is 1.88. The molecule has 0 spiro atoms. The van der Waals surface area contributed by atoms with E-state index in [9.17, 15) is 10.1 Å². The molecule has 0 fully saturated rings. The molecular formula is C22H22N6O4S. The Labute approximate surface area is 193 Å². The standard InChI is InChI=1S/C22H22N6O4S/c1-13-4-6-15-18(10-13)33-22(26-15)27-21-19(28(29)30)20(24-12-25-21)23-9-8-14-5-7-16(31-2)17(11-14)32-3/h4-7,10-12H,8-9H2,1-3H3,(H2,23,24,25,26,27). The number of aryl methyl sites for hydroxylation is 1. The van der Waals surface area contributed by atoms with Gasteiger partial charge in [0.15, 0.2) is 16.6 Å². The van der Waals surface area contributed by atoms with Crippen LogP contribution in [0.5, 0.6) is 11.5 Å². The van der Waals surface area contributed by atoms with E-state index in [0.29, 0.717) is 29.6 Å². The summed E-state index contributed by atoms with van der Waals surface area (Å²) in [6, 6.07) is 11.5. The second-order valence-electron chi connectivity index (χ2n) is 7.16. The molecule has 2 aromatic carbocycles. The van der Waals surface area contributed by atoms with E-state index >= 15 is 0 Å². The van der Waals surface area contributed by atoms with Crippen LogP contribution in [0.3, 0.4) is 0 Å². The molecule has 0 atom stereocenters. The predicted molar refractivity (Wildman–Crippen MR) is 128 cm³/mol. The molecule has 11 heteroatoms. The minimum Gasteiger partial charge on any atom is -0.493 e. The molecule has 0 aliphatic heterocycles. The van der Waals surface area contributed by atoms with Gasteiger partial charge in [-0.15, -0.1) is 0 Å². The Kier molecular flexibility index (Phi) is 6.50. The smallest absolute Gasteiger partial charge is 0.353 e. The van der Waals surface area contributed by atoms with Crippen LogP contribution in [0.1, 0.15) is 11.1 Å². The highest BCUT2D eigenvalue weighted by Gasteiger charge is 2.24. The van der Waals surface area contributed by atoms with Crippen LogP contribution < -0.4 is 20.1 Å². The molecule has 2 N–H and O–H groups in total. The molecule has 0 aliphatic rings. The van der Waals surface area contributed by atoms with Crippen LogP contribution in [0.25, 0.3) is 10.2 Å². The molecule has 0 amide bonds. The van der Waals surface area contributed by atoms with Gasteiger partial charge in [-0.1, -0.05) is 23.5 Å². The van der Waals surface area contributed by atoms with Gasteiger partial charge in [0.25, 0.3) is 0 Å². The lowest BCUT2D eigenvalue weighted by Gasteiger charge is -2.11. The number of thiazole rings is 1. The maximum atomic E-state index is 11.8. The van der Waals surface area contributed by atoms with Crippen LogP contribution in [0, 0.1) is 17.0 Å². The number of anilines is 3. The van der Waals surface area contributed by atoms with Crippen molar-refractivity contribution >= 4 is 44.0 Å². The van der Waals surface area contributed by atoms with Crippen LogP contribution in [0.15, 0.2) is 42.7 Å². The molecule has 0 unspecified atom stereocenters. The van der Waals surface area contributed by atoms with E-state index < -0.39 is 4.92 Å². The number of rotatable bonds is 9. The Morgan fingerprint density at radius 3 is 2.61 bits per heavy atom. The summed E-state index contributed by atoms with van der Waals surface area (Å²) in [6.45, 7) is 2.43. The number of benzene rings is 2. The van der Waals surface area contributed by atoms with Crippen LogP contribution in [-0.2, 0) is 6.42 Å². The Balaban J connectivity index is 1.52. The molecular weight excluding hydrogens is 444 g/mol. The molecule has 0 saturated carbocycles. The van der Waals surface area contributed by atoms with Gasteiger partial charge in [0.2, 0.25) is 11.6 Å². The summed E-state index contributed by atoms with van der Waals surface area (Å²) in [5.41, 5.74) is 2.69. The number of nitrogens with one attached hydrogen (secondary N) is 2. The molecule has 0 radical (unpaired) electrons. The van der Waals surface area contributed by atoms with E-state index in [1.165, 1.54) is 17.7 Å². The first-order valence-electron chi connectivity index (χ1n) is 10.1. The number of aromatic nitrogens is 3. The van der Waals surface area contributed by atoms with Crippen LogP contribution in [0.4, 0.5) is 22.5 Å². The zero-order valence-electron chi connectivity index (χ0n) is 18.3. The molecule has 170 valence electrons. The van der Waals surface area contributed by atoms with E-state index in [2.05, 4.69) is 25.6 Å². The largest absolute Gasteiger partial charge is 0.493 e. The number of nitro groups is 1. The van der Waals surface area contributed by atoms with Crippen molar-refractivity contribution in [3.8, 4) is 11.5 Å². The van der Waals surface area contributed by atoms with Gasteiger partial charge >= 0.3 is 5.69 Å². The van der Waals surface area contributed by atoms with Crippen molar-refractivity contribution in [2.24, 2.45) is 0 Å². The van der Waals surface area contributed by atoms with Crippen molar-refractivity contribution in [2.75, 3.05) is 31.4 Å². The average Bonchev–Trinajstić information content (AvgIpc) is 3.20. The highest BCUT2D eigenvalue weighted by atomic mass is 32.1. The van der Waals surface area contributed by atoms with Crippen LogP contribution in [-0.4, -0.2) is 40.6 Å². The van der Waals surface area contributed by atoms with E-state index in [-0.39, 0.29) is 17.3 Å². The topological polar surface area (TPSA) is 124 Å². The maximum Gasteiger partial charge on any atom is 0.353 e. The second kappa shape index (κ2) is 9.65. The van der Waals surface area contributed by atoms with Gasteiger partial charge in [-0.25, -0.2) is 15.0 Å². The SMILES string of the molecule is COc1ccc(CCNc2ncnc(Nc3nc4ccc(C)cc4s3)c2[N+](=O)[O-])cc1OC. The average molecular weight is 467 g/mol. The summed E-state index contributed by atoms with van der Waals surface area (Å²) in [5, 5.41) is 18.4. The highest BCUT2D eigenvalue weighted by Crippen LogP contribution is 2.34. The Morgan fingerprint density at radius 2 is 1.85 bits per heavy atom. The number of ether oxygens (including phenoxy) is 2. The van der Waals surface area contributed by atoms with Crippen molar-refractivity contribution in [3.63, 3.8) is 0 Å². The van der Waals surface area contributed by atoms with E-state index in [1.54, 1.807) is 14.2 Å². The van der Waals surface area contributed by atoms with Gasteiger partial charge in [-0.05, 0) is 48.7 Å². The lowest BCUT2D eigenvalue weighted by molar-refractivity contribution is -0.383. The van der Waals surface area contributed by atoms with Crippen molar-refractivity contribution in [2.45, 2.75) is 13.3 Å². The molecule has 33 heavy (non-hydrogen) atoms. The molecule has 0 bridgehead atoms. The zero-order chi connectivity index (χ0) is 23.4. The van der Waals surface area contributed by atoms with Gasteiger partial charge in [0.1, 0.15) is 6.33 Å². The fraction of sp³-hybridized carbons (Fsp3) is 0.227. The van der Waals surface area contributed by atoms with Crippen LogP contribution in [0.2, 0.25) is 0 Å². The van der Waals surface area contributed by atoms with Gasteiger partial charge < -0.3 is 20.1 Å². The maximum absolute atomic E-state index is 11.8. The van der Waals surface area contributed by atoms with Crippen molar-refractivity contribution in [1.82, 2.24) is 15.0 Å². The summed E-state index contributed by atoms with van der Waals surface area (Å²) < 4.78 is 11.6. The molecule has 2 aromatic heterocycles. The first-order valence-corrected chi connectivity index (χ1v) is 10.9. The third-order valence-corrected chi connectivity index (χ3v) is 5.86. The third kappa shape index (κ3) is 4.93. The van der Waals surface area contributed by atoms with E-state index in [0.717, 1.165) is 21.3 Å². The predicted octanol–water partition coefficient (Wildman–Crippen LogP) is 4.72. The molecule has 4 rings (SSSR count).